The zero-order valence-corrected chi connectivity index (χ0v) is 13.6. The zero-order chi connectivity index (χ0) is 17.5. The molecule has 0 bridgehead atoms. The second kappa shape index (κ2) is 5.70. The number of hydrogen-bond donors (Lipinski definition) is 2. The molecule has 1 aromatic heterocycles. The highest BCUT2D eigenvalue weighted by Crippen LogP contribution is 2.24. The van der Waals surface area contributed by atoms with E-state index in [0.717, 1.165) is 29.0 Å². The lowest BCUT2D eigenvalue weighted by molar-refractivity contribution is 0.101. The number of rotatable bonds is 2. The number of anilines is 1. The van der Waals surface area contributed by atoms with Crippen LogP contribution in [0.2, 0.25) is 0 Å². The second-order valence-corrected chi connectivity index (χ2v) is 6.62. The minimum atomic E-state index is -0.898. The molecule has 2 aromatic carbocycles. The Hall–Kier alpha value is -2.76. The monoisotopic (exact) mass is 329 g/mol. The lowest BCUT2D eigenvalue weighted by Crippen LogP contribution is -2.15. The number of nitrogens with one attached hydrogen (secondary N) is 2. The van der Waals surface area contributed by atoms with Crippen LogP contribution in [-0.4, -0.2) is 15.9 Å². The molecule has 0 saturated carbocycles. The third-order valence-corrected chi connectivity index (χ3v) is 3.64. The van der Waals surface area contributed by atoms with Crippen molar-refractivity contribution in [3.05, 3.63) is 59.4 Å². The summed E-state index contributed by atoms with van der Waals surface area (Å²) in [6.07, 6.45) is 0. The number of halogens is 2. The minimum Gasteiger partial charge on any atom is -0.341 e. The minimum absolute atomic E-state index is 0.140. The van der Waals surface area contributed by atoms with E-state index in [2.05, 4.69) is 15.3 Å². The smallest absolute Gasteiger partial charge is 0.261 e. The number of amides is 1. The van der Waals surface area contributed by atoms with Crippen LogP contribution in [0.25, 0.3) is 11.0 Å². The number of aromatic amines is 1. The quantitative estimate of drug-likeness (QED) is 0.732. The molecular formula is C18H17F2N3O. The first-order valence-electron chi connectivity index (χ1n) is 7.51. The molecular weight excluding hydrogens is 312 g/mol. The Morgan fingerprint density at radius 2 is 1.79 bits per heavy atom. The van der Waals surface area contributed by atoms with Crippen molar-refractivity contribution in [1.82, 2.24) is 9.97 Å². The second-order valence-electron chi connectivity index (χ2n) is 6.62. The number of H-pyrrole nitrogens is 1. The fourth-order valence-corrected chi connectivity index (χ4v) is 2.35. The molecule has 0 fully saturated rings. The fourth-order valence-electron chi connectivity index (χ4n) is 2.35. The van der Waals surface area contributed by atoms with Crippen molar-refractivity contribution >= 4 is 22.6 Å². The van der Waals surface area contributed by atoms with E-state index >= 15 is 0 Å². The Kier molecular flexibility index (Phi) is 3.83. The molecule has 0 unspecified atom stereocenters. The van der Waals surface area contributed by atoms with Gasteiger partial charge in [-0.25, -0.2) is 13.8 Å². The van der Waals surface area contributed by atoms with Crippen LogP contribution in [0.1, 0.15) is 37.0 Å². The molecule has 1 amide bonds. The van der Waals surface area contributed by atoms with Gasteiger partial charge in [-0.1, -0.05) is 26.8 Å². The zero-order valence-electron chi connectivity index (χ0n) is 13.6. The van der Waals surface area contributed by atoms with Gasteiger partial charge in [0.25, 0.3) is 5.91 Å². The van der Waals surface area contributed by atoms with Crippen LogP contribution < -0.4 is 5.32 Å². The van der Waals surface area contributed by atoms with Crippen molar-refractivity contribution in [2.24, 2.45) is 0 Å². The van der Waals surface area contributed by atoms with Crippen molar-refractivity contribution < 1.29 is 13.6 Å². The lowest BCUT2D eigenvalue weighted by Gasteiger charge is -2.13. The summed E-state index contributed by atoms with van der Waals surface area (Å²) >= 11 is 0. The van der Waals surface area contributed by atoms with Gasteiger partial charge in [0, 0.05) is 11.1 Å². The number of fused-ring (bicyclic) bond motifs is 1. The third-order valence-electron chi connectivity index (χ3n) is 3.64. The van der Waals surface area contributed by atoms with E-state index in [4.69, 9.17) is 0 Å². The summed E-state index contributed by atoms with van der Waals surface area (Å²) in [6.45, 7) is 6.11. The van der Waals surface area contributed by atoms with Crippen molar-refractivity contribution in [3.8, 4) is 0 Å². The average Bonchev–Trinajstić information content (AvgIpc) is 2.90. The first-order valence-corrected chi connectivity index (χ1v) is 7.51. The van der Waals surface area contributed by atoms with Crippen LogP contribution in [0, 0.1) is 11.6 Å². The van der Waals surface area contributed by atoms with Crippen molar-refractivity contribution in [2.75, 3.05) is 5.32 Å². The molecule has 0 aliphatic carbocycles. The molecule has 0 aliphatic rings. The van der Waals surface area contributed by atoms with E-state index in [9.17, 15) is 13.6 Å². The SMILES string of the molecule is CC(C)(C)c1nc2ccc(NC(=O)c3c(F)cccc3F)cc2[nH]1. The van der Waals surface area contributed by atoms with Gasteiger partial charge in [0.1, 0.15) is 23.0 Å². The molecule has 0 atom stereocenters. The van der Waals surface area contributed by atoms with E-state index in [1.165, 1.54) is 6.07 Å². The fraction of sp³-hybridized carbons (Fsp3) is 0.222. The first kappa shape index (κ1) is 16.1. The highest BCUT2D eigenvalue weighted by Gasteiger charge is 2.19. The van der Waals surface area contributed by atoms with Gasteiger partial charge in [-0.3, -0.25) is 4.79 Å². The van der Waals surface area contributed by atoms with Crippen molar-refractivity contribution in [1.29, 1.82) is 0 Å². The number of aromatic nitrogens is 2. The summed E-state index contributed by atoms with van der Waals surface area (Å²) < 4.78 is 27.3. The molecule has 0 radical (unpaired) electrons. The van der Waals surface area contributed by atoms with Crippen molar-refractivity contribution in [2.45, 2.75) is 26.2 Å². The Balaban J connectivity index is 1.91. The maximum absolute atomic E-state index is 13.7. The number of benzene rings is 2. The molecule has 3 rings (SSSR count). The average molecular weight is 329 g/mol. The molecule has 2 N–H and O–H groups in total. The number of carbonyl (C=O) groups is 1. The first-order chi connectivity index (χ1) is 11.3. The van der Waals surface area contributed by atoms with E-state index < -0.39 is 23.1 Å². The maximum atomic E-state index is 13.7. The number of hydrogen-bond acceptors (Lipinski definition) is 2. The Morgan fingerprint density at radius 3 is 2.42 bits per heavy atom. The summed E-state index contributed by atoms with van der Waals surface area (Å²) in [5, 5.41) is 2.51. The number of nitrogens with zero attached hydrogens (tertiary/aromatic N) is 1. The van der Waals surface area contributed by atoms with Crippen LogP contribution >= 0.6 is 0 Å². The topological polar surface area (TPSA) is 57.8 Å². The largest absolute Gasteiger partial charge is 0.341 e. The van der Waals surface area contributed by atoms with E-state index in [-0.39, 0.29) is 5.41 Å². The highest BCUT2D eigenvalue weighted by molar-refractivity contribution is 6.05. The molecule has 4 nitrogen and oxygen atoms in total. The van der Waals surface area contributed by atoms with Gasteiger partial charge >= 0.3 is 0 Å². The van der Waals surface area contributed by atoms with Crippen LogP contribution in [0.5, 0.6) is 0 Å². The Labute approximate surface area is 137 Å². The lowest BCUT2D eigenvalue weighted by atomic mass is 9.96. The van der Waals surface area contributed by atoms with E-state index in [1.807, 2.05) is 20.8 Å². The van der Waals surface area contributed by atoms with Gasteiger partial charge in [0.05, 0.1) is 11.0 Å². The Morgan fingerprint density at radius 1 is 1.12 bits per heavy atom. The third kappa shape index (κ3) is 2.99. The summed E-state index contributed by atoms with van der Waals surface area (Å²) in [5.41, 5.74) is 1.19. The van der Waals surface area contributed by atoms with E-state index in [0.29, 0.717) is 5.69 Å². The Bertz CT molecular complexity index is 905. The van der Waals surface area contributed by atoms with Gasteiger partial charge in [0.2, 0.25) is 0 Å². The number of imidazole rings is 1. The van der Waals surface area contributed by atoms with Gasteiger partial charge in [-0.05, 0) is 30.3 Å². The number of carbonyl (C=O) groups excluding carboxylic acids is 1. The molecule has 6 heteroatoms. The molecule has 3 aromatic rings. The van der Waals surface area contributed by atoms with E-state index in [1.54, 1.807) is 18.2 Å². The van der Waals surface area contributed by atoms with Crippen LogP contribution in [0.3, 0.4) is 0 Å². The molecule has 0 saturated heterocycles. The molecule has 24 heavy (non-hydrogen) atoms. The van der Waals surface area contributed by atoms with Gasteiger partial charge in [-0.2, -0.15) is 0 Å². The summed E-state index contributed by atoms with van der Waals surface area (Å²) in [5.74, 6) is -1.81. The van der Waals surface area contributed by atoms with Crippen LogP contribution in [0.4, 0.5) is 14.5 Å². The standard InChI is InChI=1S/C18H17F2N3O/c1-18(2,3)17-22-13-8-7-10(9-14(13)23-17)21-16(24)15-11(19)5-4-6-12(15)20/h4-9H,1-3H3,(H,21,24)(H,22,23). The van der Waals surface area contributed by atoms with Crippen molar-refractivity contribution in [3.63, 3.8) is 0 Å². The molecule has 0 aliphatic heterocycles. The van der Waals surface area contributed by atoms with Crippen LogP contribution in [0.15, 0.2) is 36.4 Å². The maximum Gasteiger partial charge on any atom is 0.261 e. The van der Waals surface area contributed by atoms with Gasteiger partial charge in [0.15, 0.2) is 0 Å². The molecule has 0 spiro atoms. The summed E-state index contributed by atoms with van der Waals surface area (Å²) in [6, 6.07) is 8.39. The highest BCUT2D eigenvalue weighted by atomic mass is 19.1. The normalized spacial score (nSPS) is 11.7. The van der Waals surface area contributed by atoms with Gasteiger partial charge in [-0.15, -0.1) is 0 Å². The van der Waals surface area contributed by atoms with Gasteiger partial charge < -0.3 is 10.3 Å². The summed E-state index contributed by atoms with van der Waals surface area (Å²) in [7, 11) is 0. The predicted octanol–water partition coefficient (Wildman–Crippen LogP) is 4.39. The van der Waals surface area contributed by atoms with Crippen LogP contribution in [-0.2, 0) is 5.41 Å². The molecule has 1 heterocycles. The predicted molar refractivity (Wildman–Crippen MR) is 89.1 cm³/mol. The summed E-state index contributed by atoms with van der Waals surface area (Å²) in [4.78, 5) is 19.8. The molecule has 124 valence electrons.